The zero-order valence-corrected chi connectivity index (χ0v) is 9.13. The molecule has 2 aromatic heterocycles. The van der Waals surface area contributed by atoms with E-state index < -0.39 is 5.91 Å². The molecule has 0 saturated heterocycles. The molecule has 0 saturated carbocycles. The molecule has 2 N–H and O–H groups in total. The number of nitrogens with two attached hydrogens (primary N) is 1. The second-order valence-electron chi connectivity index (χ2n) is 2.73. The highest BCUT2D eigenvalue weighted by Gasteiger charge is 2.15. The molecule has 0 spiro atoms. The smallest absolute Gasteiger partial charge is 0.257 e. The Bertz CT molecular complexity index is 500. The number of hydrogen-bond acceptors (Lipinski definition) is 5. The summed E-state index contributed by atoms with van der Waals surface area (Å²) >= 11 is 6.87. The predicted molar refractivity (Wildman–Crippen MR) is 59.8 cm³/mol. The minimum Gasteiger partial charge on any atom is -0.272 e. The molecule has 0 aromatic carbocycles. The molecule has 0 aliphatic heterocycles. The summed E-state index contributed by atoms with van der Waals surface area (Å²) < 4.78 is 0. The van der Waals surface area contributed by atoms with Crippen molar-refractivity contribution < 1.29 is 4.79 Å². The van der Waals surface area contributed by atoms with E-state index in [0.29, 0.717) is 5.82 Å². The van der Waals surface area contributed by atoms with Gasteiger partial charge in [-0.15, -0.1) is 22.9 Å². The third-order valence-corrected chi connectivity index (χ3v) is 2.90. The number of fused-ring (bicyclic) bond motifs is 1. The zero-order valence-electron chi connectivity index (χ0n) is 7.55. The summed E-state index contributed by atoms with van der Waals surface area (Å²) in [4.78, 5) is 20.1. The molecule has 5 nitrogen and oxygen atoms in total. The summed E-state index contributed by atoms with van der Waals surface area (Å²) in [6.45, 7) is 0. The van der Waals surface area contributed by atoms with Crippen LogP contribution in [0.15, 0.2) is 17.8 Å². The van der Waals surface area contributed by atoms with E-state index in [1.54, 1.807) is 0 Å². The number of carbonyl (C=O) groups is 1. The van der Waals surface area contributed by atoms with Gasteiger partial charge in [0.2, 0.25) is 0 Å². The number of thiophene rings is 1. The largest absolute Gasteiger partial charge is 0.272 e. The highest BCUT2D eigenvalue weighted by Crippen LogP contribution is 2.25. The lowest BCUT2D eigenvalue weighted by Gasteiger charge is -2.14. The standard InChI is InChI=1S/C8H7ClN4OS/c9-3-6(14)13(10)7-5-1-2-15-8(5)12-4-11-7/h1-2,4H,3,10H2. The number of carbonyl (C=O) groups excluding carboxylic acids is 1. The van der Waals surface area contributed by atoms with Crippen molar-refractivity contribution in [1.82, 2.24) is 9.97 Å². The quantitative estimate of drug-likeness (QED) is 0.371. The molecule has 0 fully saturated rings. The van der Waals surface area contributed by atoms with Gasteiger partial charge in [0.25, 0.3) is 5.91 Å². The monoisotopic (exact) mass is 242 g/mol. The molecule has 0 aliphatic carbocycles. The van der Waals surface area contributed by atoms with Crippen LogP contribution < -0.4 is 10.9 Å². The topological polar surface area (TPSA) is 72.1 Å². The van der Waals surface area contributed by atoms with Gasteiger partial charge in [-0.2, -0.15) is 0 Å². The van der Waals surface area contributed by atoms with E-state index in [1.807, 2.05) is 11.4 Å². The number of nitrogens with zero attached hydrogens (tertiary/aromatic N) is 3. The van der Waals surface area contributed by atoms with Crippen molar-refractivity contribution in [2.45, 2.75) is 0 Å². The Morgan fingerprint density at radius 3 is 3.13 bits per heavy atom. The van der Waals surface area contributed by atoms with E-state index in [1.165, 1.54) is 17.7 Å². The molecular formula is C8H7ClN4OS. The maximum Gasteiger partial charge on any atom is 0.257 e. The normalized spacial score (nSPS) is 10.5. The number of hydrogen-bond donors (Lipinski definition) is 1. The SMILES string of the molecule is NN(C(=O)CCl)c1ncnc2sccc12. The van der Waals surface area contributed by atoms with Crippen LogP contribution in [0.3, 0.4) is 0 Å². The Balaban J connectivity index is 2.51. The van der Waals surface area contributed by atoms with Gasteiger partial charge in [0, 0.05) is 0 Å². The number of aromatic nitrogens is 2. The lowest BCUT2D eigenvalue weighted by atomic mass is 10.4. The van der Waals surface area contributed by atoms with Crippen LogP contribution in [0.2, 0.25) is 0 Å². The maximum atomic E-state index is 11.3. The molecule has 0 radical (unpaired) electrons. The molecule has 2 heterocycles. The second-order valence-corrected chi connectivity index (χ2v) is 3.90. The van der Waals surface area contributed by atoms with Crippen LogP contribution in [0.1, 0.15) is 0 Å². The highest BCUT2D eigenvalue weighted by molar-refractivity contribution is 7.16. The first-order chi connectivity index (χ1) is 7.24. The average molecular weight is 243 g/mol. The first-order valence-electron chi connectivity index (χ1n) is 4.06. The van der Waals surface area contributed by atoms with Gasteiger partial charge in [-0.3, -0.25) is 4.79 Å². The van der Waals surface area contributed by atoms with Crippen LogP contribution in [-0.4, -0.2) is 21.8 Å². The molecule has 2 rings (SSSR count). The van der Waals surface area contributed by atoms with E-state index in [9.17, 15) is 4.79 Å². The van der Waals surface area contributed by atoms with Crippen LogP contribution in [-0.2, 0) is 4.79 Å². The lowest BCUT2D eigenvalue weighted by molar-refractivity contribution is -0.116. The van der Waals surface area contributed by atoms with Crippen LogP contribution in [0, 0.1) is 0 Å². The lowest BCUT2D eigenvalue weighted by Crippen LogP contribution is -2.39. The van der Waals surface area contributed by atoms with Gasteiger partial charge in [0.15, 0.2) is 5.82 Å². The molecule has 15 heavy (non-hydrogen) atoms. The molecule has 1 amide bonds. The second kappa shape index (κ2) is 4.09. The fourth-order valence-electron chi connectivity index (χ4n) is 1.15. The molecule has 0 aliphatic rings. The van der Waals surface area contributed by atoms with Gasteiger partial charge in [-0.1, -0.05) is 0 Å². The van der Waals surface area contributed by atoms with Gasteiger partial charge in [-0.05, 0) is 11.4 Å². The summed E-state index contributed by atoms with van der Waals surface area (Å²) in [6.07, 6.45) is 1.37. The molecule has 0 bridgehead atoms. The third-order valence-electron chi connectivity index (χ3n) is 1.85. The van der Waals surface area contributed by atoms with Crippen LogP contribution in [0.4, 0.5) is 5.82 Å². The van der Waals surface area contributed by atoms with Crippen LogP contribution in [0.5, 0.6) is 0 Å². The maximum absolute atomic E-state index is 11.3. The summed E-state index contributed by atoms with van der Waals surface area (Å²) in [7, 11) is 0. The van der Waals surface area contributed by atoms with Crippen LogP contribution >= 0.6 is 22.9 Å². The molecule has 0 unspecified atom stereocenters. The predicted octanol–water partition coefficient (Wildman–Crippen LogP) is 1.14. The van der Waals surface area contributed by atoms with E-state index in [4.69, 9.17) is 17.4 Å². The Hall–Kier alpha value is -1.24. The van der Waals surface area contributed by atoms with Crippen molar-refractivity contribution in [1.29, 1.82) is 0 Å². The summed E-state index contributed by atoms with van der Waals surface area (Å²) in [6, 6.07) is 1.82. The number of anilines is 1. The molecule has 2 aromatic rings. The Morgan fingerprint density at radius 2 is 2.40 bits per heavy atom. The number of rotatable bonds is 2. The number of alkyl halides is 1. The number of hydrazine groups is 1. The third kappa shape index (κ3) is 1.79. The van der Waals surface area contributed by atoms with E-state index in [0.717, 1.165) is 15.2 Å². The van der Waals surface area contributed by atoms with Gasteiger partial charge in [0.1, 0.15) is 17.0 Å². The number of halogens is 1. The summed E-state index contributed by atoms with van der Waals surface area (Å²) in [5.74, 6) is 5.39. The van der Waals surface area contributed by atoms with Gasteiger partial charge >= 0.3 is 0 Å². The van der Waals surface area contributed by atoms with Gasteiger partial charge < -0.3 is 0 Å². The zero-order chi connectivity index (χ0) is 10.8. The molecule has 78 valence electrons. The van der Waals surface area contributed by atoms with E-state index in [2.05, 4.69) is 9.97 Å². The van der Waals surface area contributed by atoms with Crippen LogP contribution in [0.25, 0.3) is 10.2 Å². The fraction of sp³-hybridized carbons (Fsp3) is 0.125. The highest BCUT2D eigenvalue weighted by atomic mass is 35.5. The summed E-state index contributed by atoms with van der Waals surface area (Å²) in [5.41, 5.74) is 0. The summed E-state index contributed by atoms with van der Waals surface area (Å²) in [5, 5.41) is 3.56. The first kappa shape index (κ1) is 10.3. The first-order valence-corrected chi connectivity index (χ1v) is 5.47. The van der Waals surface area contributed by atoms with E-state index >= 15 is 0 Å². The minimum atomic E-state index is -0.400. The van der Waals surface area contributed by atoms with Gasteiger partial charge in [-0.25, -0.2) is 20.8 Å². The van der Waals surface area contributed by atoms with Crippen molar-refractivity contribution in [2.24, 2.45) is 5.84 Å². The minimum absolute atomic E-state index is 0.174. The Labute approximate surface area is 94.5 Å². The van der Waals surface area contributed by atoms with Crippen molar-refractivity contribution in [2.75, 3.05) is 10.9 Å². The van der Waals surface area contributed by atoms with Crippen molar-refractivity contribution in [3.05, 3.63) is 17.8 Å². The Kier molecular flexibility index (Phi) is 2.81. The van der Waals surface area contributed by atoms with Gasteiger partial charge in [0.05, 0.1) is 5.39 Å². The van der Waals surface area contributed by atoms with Crippen molar-refractivity contribution in [3.63, 3.8) is 0 Å². The molecular weight excluding hydrogens is 236 g/mol. The molecule has 0 atom stereocenters. The Morgan fingerprint density at radius 1 is 1.60 bits per heavy atom. The van der Waals surface area contributed by atoms with Crippen molar-refractivity contribution in [3.8, 4) is 0 Å². The fourth-order valence-corrected chi connectivity index (χ4v) is 2.01. The molecule has 7 heteroatoms. The van der Waals surface area contributed by atoms with E-state index in [-0.39, 0.29) is 5.88 Å². The van der Waals surface area contributed by atoms with Crippen molar-refractivity contribution >= 4 is 44.9 Å². The number of amides is 1. The average Bonchev–Trinajstić information content (AvgIpc) is 2.74.